The summed E-state index contributed by atoms with van der Waals surface area (Å²) in [6.07, 6.45) is 0.799. The largest absolute Gasteiger partial charge is 0.496 e. The van der Waals surface area contributed by atoms with Crippen molar-refractivity contribution in [2.45, 2.75) is 18.9 Å². The third-order valence-electron chi connectivity index (χ3n) is 3.75. The molecule has 0 aliphatic carbocycles. The van der Waals surface area contributed by atoms with Gasteiger partial charge in [-0.2, -0.15) is 0 Å². The number of hydrogen-bond donors (Lipinski definition) is 1. The number of rotatable bonds is 3. The summed E-state index contributed by atoms with van der Waals surface area (Å²) in [5.74, 6) is 0.713. The van der Waals surface area contributed by atoms with E-state index < -0.39 is 11.9 Å². The standard InChI is InChI=1S/C17H17FO3/c1-20-15-6-2-5-13(18)16(15)17(19)12-7-8-14-11(10-12)4-3-9-21-14/h2,5-8,10,17,19H,3-4,9H2,1H3. The summed E-state index contributed by atoms with van der Waals surface area (Å²) >= 11 is 0. The van der Waals surface area contributed by atoms with Gasteiger partial charge < -0.3 is 14.6 Å². The van der Waals surface area contributed by atoms with Gasteiger partial charge in [-0.15, -0.1) is 0 Å². The first kappa shape index (κ1) is 13.9. The van der Waals surface area contributed by atoms with Crippen LogP contribution < -0.4 is 9.47 Å². The van der Waals surface area contributed by atoms with Crippen molar-refractivity contribution in [2.24, 2.45) is 0 Å². The van der Waals surface area contributed by atoms with E-state index in [0.717, 1.165) is 30.8 Å². The minimum absolute atomic E-state index is 0.164. The van der Waals surface area contributed by atoms with E-state index in [0.29, 0.717) is 11.3 Å². The number of fused-ring (bicyclic) bond motifs is 1. The molecule has 0 saturated carbocycles. The maximum atomic E-state index is 14.0. The Morgan fingerprint density at radius 2 is 2.14 bits per heavy atom. The van der Waals surface area contributed by atoms with E-state index in [1.165, 1.54) is 13.2 Å². The molecule has 0 fully saturated rings. The minimum atomic E-state index is -1.06. The highest BCUT2D eigenvalue weighted by Crippen LogP contribution is 2.35. The normalized spacial score (nSPS) is 15.0. The fourth-order valence-corrected chi connectivity index (χ4v) is 2.68. The topological polar surface area (TPSA) is 38.7 Å². The van der Waals surface area contributed by atoms with E-state index in [9.17, 15) is 9.50 Å². The van der Waals surface area contributed by atoms with E-state index in [1.807, 2.05) is 12.1 Å². The second kappa shape index (κ2) is 5.74. The van der Waals surface area contributed by atoms with Crippen LogP contribution in [0.25, 0.3) is 0 Å². The molecule has 3 nitrogen and oxygen atoms in total. The number of benzene rings is 2. The molecule has 1 aliphatic rings. The molecule has 0 aromatic heterocycles. The number of methoxy groups -OCH3 is 1. The van der Waals surface area contributed by atoms with Gasteiger partial charge in [-0.1, -0.05) is 12.1 Å². The van der Waals surface area contributed by atoms with Crippen molar-refractivity contribution in [3.05, 3.63) is 58.9 Å². The fourth-order valence-electron chi connectivity index (χ4n) is 2.68. The molecule has 2 aromatic rings. The number of aliphatic hydroxyl groups is 1. The fraction of sp³-hybridized carbons (Fsp3) is 0.294. The summed E-state index contributed by atoms with van der Waals surface area (Å²) in [4.78, 5) is 0. The zero-order chi connectivity index (χ0) is 14.8. The lowest BCUT2D eigenvalue weighted by atomic mass is 9.96. The molecular formula is C17H17FO3. The maximum Gasteiger partial charge on any atom is 0.133 e. The van der Waals surface area contributed by atoms with E-state index in [1.54, 1.807) is 18.2 Å². The predicted octanol–water partition coefficient (Wildman–Crippen LogP) is 3.24. The summed E-state index contributed by atoms with van der Waals surface area (Å²) < 4.78 is 24.8. The van der Waals surface area contributed by atoms with Crippen LogP contribution in [-0.4, -0.2) is 18.8 Å². The molecule has 3 rings (SSSR count). The molecule has 1 unspecified atom stereocenters. The van der Waals surface area contributed by atoms with Crippen molar-refractivity contribution in [1.82, 2.24) is 0 Å². The number of aryl methyl sites for hydroxylation is 1. The zero-order valence-corrected chi connectivity index (χ0v) is 11.8. The van der Waals surface area contributed by atoms with Crippen molar-refractivity contribution in [1.29, 1.82) is 0 Å². The van der Waals surface area contributed by atoms with Gasteiger partial charge in [0, 0.05) is 0 Å². The Morgan fingerprint density at radius 1 is 1.29 bits per heavy atom. The molecule has 110 valence electrons. The quantitative estimate of drug-likeness (QED) is 0.942. The van der Waals surface area contributed by atoms with Crippen LogP contribution in [0.2, 0.25) is 0 Å². The third-order valence-corrected chi connectivity index (χ3v) is 3.75. The van der Waals surface area contributed by atoms with Crippen molar-refractivity contribution < 1.29 is 19.0 Å². The van der Waals surface area contributed by atoms with Gasteiger partial charge in [0.15, 0.2) is 0 Å². The Balaban J connectivity index is 2.01. The number of hydrogen-bond acceptors (Lipinski definition) is 3. The van der Waals surface area contributed by atoms with Crippen molar-refractivity contribution in [2.75, 3.05) is 13.7 Å². The van der Waals surface area contributed by atoms with Crippen LogP contribution in [0.15, 0.2) is 36.4 Å². The van der Waals surface area contributed by atoms with Gasteiger partial charge in [0.1, 0.15) is 23.4 Å². The Morgan fingerprint density at radius 3 is 2.95 bits per heavy atom. The molecule has 0 bridgehead atoms. The van der Waals surface area contributed by atoms with Gasteiger partial charge in [-0.3, -0.25) is 0 Å². The van der Waals surface area contributed by atoms with Crippen LogP contribution in [0.4, 0.5) is 4.39 Å². The van der Waals surface area contributed by atoms with Gasteiger partial charge in [-0.25, -0.2) is 4.39 Å². The second-order valence-corrected chi connectivity index (χ2v) is 5.08. The highest BCUT2D eigenvalue weighted by atomic mass is 19.1. The van der Waals surface area contributed by atoms with Gasteiger partial charge in [0.05, 0.1) is 19.3 Å². The first-order valence-electron chi connectivity index (χ1n) is 6.97. The van der Waals surface area contributed by atoms with Crippen LogP contribution in [0.1, 0.15) is 29.2 Å². The lowest BCUT2D eigenvalue weighted by molar-refractivity contribution is 0.208. The Labute approximate surface area is 122 Å². The summed E-state index contributed by atoms with van der Waals surface area (Å²) in [6, 6.07) is 10.0. The molecule has 1 aliphatic heterocycles. The van der Waals surface area contributed by atoms with Crippen molar-refractivity contribution in [3.63, 3.8) is 0 Å². The Hall–Kier alpha value is -2.07. The van der Waals surface area contributed by atoms with Crippen LogP contribution in [0.3, 0.4) is 0 Å². The van der Waals surface area contributed by atoms with Crippen LogP contribution >= 0.6 is 0 Å². The maximum absolute atomic E-state index is 14.0. The summed E-state index contributed by atoms with van der Waals surface area (Å²) in [5, 5.41) is 10.5. The molecule has 0 radical (unpaired) electrons. The molecule has 2 aromatic carbocycles. The molecule has 0 amide bonds. The van der Waals surface area contributed by atoms with E-state index in [-0.39, 0.29) is 5.56 Å². The first-order chi connectivity index (χ1) is 10.2. The first-order valence-corrected chi connectivity index (χ1v) is 6.97. The Bertz CT molecular complexity index is 654. The molecule has 1 heterocycles. The lowest BCUT2D eigenvalue weighted by Crippen LogP contribution is -2.10. The highest BCUT2D eigenvalue weighted by molar-refractivity contribution is 5.45. The molecular weight excluding hydrogens is 271 g/mol. The molecule has 1 atom stereocenters. The zero-order valence-electron chi connectivity index (χ0n) is 11.8. The predicted molar refractivity (Wildman–Crippen MR) is 77.3 cm³/mol. The van der Waals surface area contributed by atoms with E-state index in [2.05, 4.69) is 0 Å². The van der Waals surface area contributed by atoms with Crippen molar-refractivity contribution in [3.8, 4) is 11.5 Å². The average molecular weight is 288 g/mol. The smallest absolute Gasteiger partial charge is 0.133 e. The monoisotopic (exact) mass is 288 g/mol. The third kappa shape index (κ3) is 2.59. The van der Waals surface area contributed by atoms with Crippen LogP contribution in [0, 0.1) is 5.82 Å². The van der Waals surface area contributed by atoms with Crippen molar-refractivity contribution >= 4 is 0 Å². The second-order valence-electron chi connectivity index (χ2n) is 5.08. The lowest BCUT2D eigenvalue weighted by Gasteiger charge is -2.20. The molecule has 0 saturated heterocycles. The average Bonchev–Trinajstić information content (AvgIpc) is 2.53. The van der Waals surface area contributed by atoms with E-state index >= 15 is 0 Å². The molecule has 1 N–H and O–H groups in total. The molecule has 21 heavy (non-hydrogen) atoms. The number of ether oxygens (including phenoxy) is 2. The SMILES string of the molecule is COc1cccc(F)c1C(O)c1ccc2c(c1)CCCO2. The Kier molecular flexibility index (Phi) is 3.80. The van der Waals surface area contributed by atoms with Gasteiger partial charge in [-0.05, 0) is 48.2 Å². The molecule has 0 spiro atoms. The number of halogens is 1. The minimum Gasteiger partial charge on any atom is -0.496 e. The summed E-state index contributed by atoms with van der Waals surface area (Å²) in [5.41, 5.74) is 1.85. The summed E-state index contributed by atoms with van der Waals surface area (Å²) in [6.45, 7) is 0.718. The number of aliphatic hydroxyl groups excluding tert-OH is 1. The van der Waals surface area contributed by atoms with E-state index in [4.69, 9.17) is 9.47 Å². The van der Waals surface area contributed by atoms with Gasteiger partial charge >= 0.3 is 0 Å². The highest BCUT2D eigenvalue weighted by Gasteiger charge is 2.21. The van der Waals surface area contributed by atoms with Gasteiger partial charge in [0.25, 0.3) is 0 Å². The molecule has 4 heteroatoms. The van der Waals surface area contributed by atoms with Crippen LogP contribution in [0.5, 0.6) is 11.5 Å². The summed E-state index contributed by atoms with van der Waals surface area (Å²) in [7, 11) is 1.46. The van der Waals surface area contributed by atoms with Gasteiger partial charge in [0.2, 0.25) is 0 Å². The van der Waals surface area contributed by atoms with Crippen LogP contribution in [-0.2, 0) is 6.42 Å².